The molecule has 0 aromatic heterocycles. The minimum atomic E-state index is -1.14. The normalized spacial score (nSPS) is 19.1. The molecule has 1 heterocycles. The first-order valence-electron chi connectivity index (χ1n) is 11.5. The zero-order valence-corrected chi connectivity index (χ0v) is 20.8. The number of nitrogens with zero attached hydrogens (tertiary/aromatic N) is 1. The smallest absolute Gasteiger partial charge is 0.407 e. The average Bonchev–Trinajstić information content (AvgIpc) is 3.34. The molecular weight excluding hydrogens is 468 g/mol. The molecule has 9 heteroatoms. The standard InChI is InChI=1S/C26H30N2O6S/c1-26(2)28(22(15-34-26)24(30)31)23(29)21(12-13-35-3)27-25(32)33-14-20-18-10-6-4-8-16(18)17-9-5-7-11-19(17)20/h4-11,20-22H,12-15H2,1-3H3,(H,27,32)(H,30,31)/t21-,22-/m0/s1. The van der Waals surface area contributed by atoms with Crippen LogP contribution < -0.4 is 5.32 Å². The van der Waals surface area contributed by atoms with E-state index in [0.29, 0.717) is 12.2 Å². The third-order valence-electron chi connectivity index (χ3n) is 6.55. The third kappa shape index (κ3) is 5.01. The van der Waals surface area contributed by atoms with Crippen LogP contribution in [0.1, 0.15) is 37.3 Å². The summed E-state index contributed by atoms with van der Waals surface area (Å²) >= 11 is 1.53. The van der Waals surface area contributed by atoms with E-state index in [1.165, 1.54) is 16.7 Å². The Morgan fingerprint density at radius 2 is 1.74 bits per heavy atom. The lowest BCUT2D eigenvalue weighted by Gasteiger charge is -2.35. The van der Waals surface area contributed by atoms with Gasteiger partial charge in [-0.1, -0.05) is 48.5 Å². The Labute approximate surface area is 209 Å². The van der Waals surface area contributed by atoms with E-state index < -0.39 is 35.8 Å². The number of hydrogen-bond donors (Lipinski definition) is 2. The number of aliphatic carboxylic acids is 1. The molecule has 186 valence electrons. The van der Waals surface area contributed by atoms with E-state index in [1.807, 2.05) is 42.7 Å². The second kappa shape index (κ2) is 10.3. The Bertz CT molecular complexity index is 1080. The van der Waals surface area contributed by atoms with Crippen LogP contribution in [0, 0.1) is 0 Å². The molecule has 2 aromatic carbocycles. The van der Waals surface area contributed by atoms with Gasteiger partial charge in [0, 0.05) is 5.92 Å². The molecule has 2 N–H and O–H groups in total. The number of carbonyl (C=O) groups is 3. The minimum absolute atomic E-state index is 0.101. The fourth-order valence-electron chi connectivity index (χ4n) is 4.85. The number of benzene rings is 2. The van der Waals surface area contributed by atoms with Crippen LogP contribution in [0.25, 0.3) is 11.1 Å². The van der Waals surface area contributed by atoms with E-state index in [-0.39, 0.29) is 19.1 Å². The molecule has 0 saturated carbocycles. The molecule has 0 bridgehead atoms. The molecule has 1 aliphatic heterocycles. The number of carbonyl (C=O) groups excluding carboxylic acids is 2. The van der Waals surface area contributed by atoms with Crippen molar-refractivity contribution in [3.63, 3.8) is 0 Å². The Hall–Kier alpha value is -3.04. The lowest BCUT2D eigenvalue weighted by atomic mass is 9.98. The van der Waals surface area contributed by atoms with Crippen molar-refractivity contribution < 1.29 is 29.0 Å². The highest BCUT2D eigenvalue weighted by molar-refractivity contribution is 7.98. The molecule has 2 aliphatic rings. The lowest BCUT2D eigenvalue weighted by molar-refractivity contribution is -0.156. The molecule has 8 nitrogen and oxygen atoms in total. The van der Waals surface area contributed by atoms with Crippen molar-refractivity contribution in [2.75, 3.05) is 25.2 Å². The molecule has 1 saturated heterocycles. The maximum atomic E-state index is 13.4. The summed E-state index contributed by atoms with van der Waals surface area (Å²) in [6.07, 6.45) is 1.53. The first-order chi connectivity index (χ1) is 16.7. The van der Waals surface area contributed by atoms with Crippen LogP contribution in [-0.2, 0) is 19.1 Å². The second-order valence-corrected chi connectivity index (χ2v) is 10.1. The summed E-state index contributed by atoms with van der Waals surface area (Å²) in [5, 5.41) is 12.3. The van der Waals surface area contributed by atoms with Gasteiger partial charge in [-0.2, -0.15) is 11.8 Å². The maximum absolute atomic E-state index is 13.4. The molecule has 1 aliphatic carbocycles. The predicted octanol–water partition coefficient (Wildman–Crippen LogP) is 3.69. The number of fused-ring (bicyclic) bond motifs is 3. The summed E-state index contributed by atoms with van der Waals surface area (Å²) in [6.45, 7) is 3.31. The van der Waals surface area contributed by atoms with Gasteiger partial charge >= 0.3 is 12.1 Å². The summed E-state index contributed by atoms with van der Waals surface area (Å²) < 4.78 is 11.2. The highest BCUT2D eigenvalue weighted by Gasteiger charge is 2.49. The van der Waals surface area contributed by atoms with E-state index in [0.717, 1.165) is 22.3 Å². The van der Waals surface area contributed by atoms with Gasteiger partial charge in [0.05, 0.1) is 6.61 Å². The number of carboxylic acid groups (broad SMARTS) is 1. The number of thioether (sulfide) groups is 1. The predicted molar refractivity (Wildman–Crippen MR) is 133 cm³/mol. The van der Waals surface area contributed by atoms with Crippen molar-refractivity contribution in [1.82, 2.24) is 10.2 Å². The van der Waals surface area contributed by atoms with Gasteiger partial charge in [-0.3, -0.25) is 9.69 Å². The van der Waals surface area contributed by atoms with Crippen LogP contribution in [0.3, 0.4) is 0 Å². The summed E-state index contributed by atoms with van der Waals surface area (Å²) in [7, 11) is 0. The van der Waals surface area contributed by atoms with E-state index >= 15 is 0 Å². The van der Waals surface area contributed by atoms with E-state index in [1.54, 1.807) is 13.8 Å². The van der Waals surface area contributed by atoms with E-state index in [4.69, 9.17) is 9.47 Å². The van der Waals surface area contributed by atoms with Crippen molar-refractivity contribution in [1.29, 1.82) is 0 Å². The molecule has 2 aromatic rings. The summed E-state index contributed by atoms with van der Waals surface area (Å²) in [5.41, 5.74) is 3.34. The van der Waals surface area contributed by atoms with Crippen molar-refractivity contribution in [3.8, 4) is 11.1 Å². The maximum Gasteiger partial charge on any atom is 0.407 e. The quantitative estimate of drug-likeness (QED) is 0.572. The van der Waals surface area contributed by atoms with Crippen LogP contribution >= 0.6 is 11.8 Å². The van der Waals surface area contributed by atoms with Crippen molar-refractivity contribution >= 4 is 29.7 Å². The fraction of sp³-hybridized carbons (Fsp3) is 0.423. The third-order valence-corrected chi connectivity index (χ3v) is 7.20. The fourth-order valence-corrected chi connectivity index (χ4v) is 5.32. The zero-order chi connectivity index (χ0) is 25.2. The number of amides is 2. The molecule has 4 rings (SSSR count). The van der Waals surface area contributed by atoms with Gasteiger partial charge in [-0.15, -0.1) is 0 Å². The first kappa shape index (κ1) is 25.1. The minimum Gasteiger partial charge on any atom is -0.480 e. The highest BCUT2D eigenvalue weighted by Crippen LogP contribution is 2.44. The monoisotopic (exact) mass is 498 g/mol. The first-order valence-corrected chi connectivity index (χ1v) is 12.9. The van der Waals surface area contributed by atoms with Crippen LogP contribution in [0.5, 0.6) is 0 Å². The molecule has 0 spiro atoms. The number of rotatable bonds is 8. The average molecular weight is 499 g/mol. The van der Waals surface area contributed by atoms with Gasteiger partial charge in [-0.25, -0.2) is 9.59 Å². The van der Waals surface area contributed by atoms with Crippen LogP contribution in [0.2, 0.25) is 0 Å². The van der Waals surface area contributed by atoms with Crippen molar-refractivity contribution in [2.45, 2.75) is 44.0 Å². The lowest BCUT2D eigenvalue weighted by Crippen LogP contribution is -2.57. The van der Waals surface area contributed by atoms with Crippen LogP contribution in [0.15, 0.2) is 48.5 Å². The molecule has 0 radical (unpaired) electrons. The van der Waals surface area contributed by atoms with Gasteiger partial charge in [0.1, 0.15) is 18.4 Å². The molecule has 2 amide bonds. The highest BCUT2D eigenvalue weighted by atomic mass is 32.2. The zero-order valence-electron chi connectivity index (χ0n) is 20.0. The van der Waals surface area contributed by atoms with E-state index in [9.17, 15) is 19.5 Å². The SMILES string of the molecule is CSCC[C@H](NC(=O)OCC1c2ccccc2-c2ccccc21)C(=O)N1[C@H](C(=O)O)COC1(C)C. The number of hydrogen-bond acceptors (Lipinski definition) is 6. The topological polar surface area (TPSA) is 105 Å². The molecule has 1 fully saturated rings. The molecule has 2 atom stereocenters. The van der Waals surface area contributed by atoms with Crippen LogP contribution in [0.4, 0.5) is 4.79 Å². The number of nitrogens with one attached hydrogen (secondary N) is 1. The van der Waals surface area contributed by atoms with Gasteiger partial charge in [-0.05, 0) is 54.5 Å². The molecular formula is C26H30N2O6S. The summed E-state index contributed by atoms with van der Waals surface area (Å²) in [5.74, 6) is -1.14. The second-order valence-electron chi connectivity index (χ2n) is 9.12. The van der Waals surface area contributed by atoms with Crippen molar-refractivity contribution in [3.05, 3.63) is 59.7 Å². The number of alkyl carbamates (subject to hydrolysis) is 1. The van der Waals surface area contributed by atoms with Gasteiger partial charge < -0.3 is 19.9 Å². The van der Waals surface area contributed by atoms with Gasteiger partial charge in [0.15, 0.2) is 6.04 Å². The molecule has 0 unspecified atom stereocenters. The van der Waals surface area contributed by atoms with E-state index in [2.05, 4.69) is 17.4 Å². The van der Waals surface area contributed by atoms with Crippen molar-refractivity contribution in [2.24, 2.45) is 0 Å². The Balaban J connectivity index is 1.47. The summed E-state index contributed by atoms with van der Waals surface area (Å²) in [4.78, 5) is 39.2. The largest absolute Gasteiger partial charge is 0.480 e. The Morgan fingerprint density at radius 3 is 2.31 bits per heavy atom. The van der Waals surface area contributed by atoms with Crippen LogP contribution in [-0.4, -0.2) is 71.0 Å². The number of carboxylic acids is 1. The molecule has 35 heavy (non-hydrogen) atoms. The summed E-state index contributed by atoms with van der Waals surface area (Å²) in [6, 6.07) is 14.1. The number of ether oxygens (including phenoxy) is 2. The van der Waals surface area contributed by atoms with Gasteiger partial charge in [0.25, 0.3) is 0 Å². The van der Waals surface area contributed by atoms with Gasteiger partial charge in [0.2, 0.25) is 5.91 Å². The Kier molecular flexibility index (Phi) is 7.37. The Morgan fingerprint density at radius 1 is 1.14 bits per heavy atom.